The van der Waals surface area contributed by atoms with Crippen molar-refractivity contribution in [2.75, 3.05) is 0 Å². The molecule has 0 radical (unpaired) electrons. The van der Waals surface area contributed by atoms with E-state index in [-0.39, 0.29) is 11.8 Å². The second-order valence-electron chi connectivity index (χ2n) is 3.33. The van der Waals surface area contributed by atoms with E-state index in [0.717, 1.165) is 14.5 Å². The van der Waals surface area contributed by atoms with Gasteiger partial charge in [0, 0.05) is 21.1 Å². The summed E-state index contributed by atoms with van der Waals surface area (Å²) >= 11 is 6.74. The lowest BCUT2D eigenvalue weighted by atomic mass is 10.2. The lowest BCUT2D eigenvalue weighted by Gasteiger charge is -2.14. The Morgan fingerprint density at radius 1 is 1.06 bits per heavy atom. The van der Waals surface area contributed by atoms with Crippen LogP contribution in [-0.2, 0) is 16.1 Å². The van der Waals surface area contributed by atoms with Gasteiger partial charge in [0.15, 0.2) is 0 Å². The monoisotopic (exact) mass is 343 g/mol. The van der Waals surface area contributed by atoms with Crippen molar-refractivity contribution in [2.24, 2.45) is 0 Å². The third-order valence-corrected chi connectivity index (χ3v) is 3.48. The summed E-state index contributed by atoms with van der Waals surface area (Å²) in [7, 11) is 0. The predicted octanol–water partition coefficient (Wildman–Crippen LogP) is 2.64. The Kier molecular flexibility index (Phi) is 3.25. The van der Waals surface area contributed by atoms with E-state index < -0.39 is 0 Å². The fourth-order valence-electron chi connectivity index (χ4n) is 1.41. The molecule has 2 rings (SSSR count). The van der Waals surface area contributed by atoms with E-state index in [2.05, 4.69) is 31.9 Å². The molecule has 0 N–H and O–H groups in total. The van der Waals surface area contributed by atoms with Gasteiger partial charge in [0.2, 0.25) is 0 Å². The lowest BCUT2D eigenvalue weighted by Crippen LogP contribution is -2.29. The summed E-state index contributed by atoms with van der Waals surface area (Å²) in [5, 5.41) is 0. The topological polar surface area (TPSA) is 37.4 Å². The highest BCUT2D eigenvalue weighted by atomic mass is 79.9. The standard InChI is InChI=1S/C11H7Br2NO2/c12-8-2-1-7(9(13)5-8)6-14-10(15)3-4-11(14)16/h1-5H,6H2. The minimum atomic E-state index is -0.264. The van der Waals surface area contributed by atoms with E-state index >= 15 is 0 Å². The molecule has 1 aromatic rings. The van der Waals surface area contributed by atoms with Crippen LogP contribution in [0.4, 0.5) is 0 Å². The number of imide groups is 1. The molecule has 2 amide bonds. The molecule has 0 aliphatic carbocycles. The van der Waals surface area contributed by atoms with Crippen molar-refractivity contribution in [2.45, 2.75) is 6.54 Å². The summed E-state index contributed by atoms with van der Waals surface area (Å²) in [6, 6.07) is 5.62. The SMILES string of the molecule is O=C1C=CC(=O)N1Cc1ccc(Br)cc1Br. The zero-order chi connectivity index (χ0) is 11.7. The van der Waals surface area contributed by atoms with Crippen LogP contribution in [0, 0.1) is 0 Å². The van der Waals surface area contributed by atoms with Gasteiger partial charge in [0.1, 0.15) is 0 Å². The Labute approximate surface area is 109 Å². The maximum Gasteiger partial charge on any atom is 0.253 e. The van der Waals surface area contributed by atoms with Gasteiger partial charge in [-0.3, -0.25) is 14.5 Å². The van der Waals surface area contributed by atoms with Gasteiger partial charge in [-0.25, -0.2) is 0 Å². The Morgan fingerprint density at radius 2 is 1.69 bits per heavy atom. The van der Waals surface area contributed by atoms with Crippen molar-refractivity contribution in [1.29, 1.82) is 0 Å². The second kappa shape index (κ2) is 4.51. The molecule has 0 bridgehead atoms. The highest BCUT2D eigenvalue weighted by molar-refractivity contribution is 9.11. The molecule has 0 fully saturated rings. The summed E-state index contributed by atoms with van der Waals surface area (Å²) in [6.07, 6.45) is 2.57. The van der Waals surface area contributed by atoms with Crippen molar-refractivity contribution in [3.63, 3.8) is 0 Å². The number of hydrogen-bond acceptors (Lipinski definition) is 2. The molecule has 0 spiro atoms. The van der Waals surface area contributed by atoms with E-state index in [1.54, 1.807) is 0 Å². The lowest BCUT2D eigenvalue weighted by molar-refractivity contribution is -0.137. The molecule has 16 heavy (non-hydrogen) atoms. The Balaban J connectivity index is 2.21. The van der Waals surface area contributed by atoms with Crippen LogP contribution < -0.4 is 0 Å². The third-order valence-electron chi connectivity index (χ3n) is 2.24. The van der Waals surface area contributed by atoms with E-state index in [0.29, 0.717) is 6.54 Å². The van der Waals surface area contributed by atoms with Crippen molar-refractivity contribution < 1.29 is 9.59 Å². The molecule has 0 aromatic heterocycles. The minimum Gasteiger partial charge on any atom is -0.271 e. The number of carbonyl (C=O) groups excluding carboxylic acids is 2. The highest BCUT2D eigenvalue weighted by Gasteiger charge is 2.23. The number of amides is 2. The van der Waals surface area contributed by atoms with Crippen LogP contribution in [0.2, 0.25) is 0 Å². The highest BCUT2D eigenvalue weighted by Crippen LogP contribution is 2.24. The van der Waals surface area contributed by atoms with E-state index in [4.69, 9.17) is 0 Å². The summed E-state index contributed by atoms with van der Waals surface area (Å²) in [4.78, 5) is 23.9. The smallest absolute Gasteiger partial charge is 0.253 e. The number of hydrogen-bond donors (Lipinski definition) is 0. The van der Waals surface area contributed by atoms with Crippen LogP contribution in [0.25, 0.3) is 0 Å². The molecule has 1 heterocycles. The maximum atomic E-state index is 11.4. The van der Waals surface area contributed by atoms with Gasteiger partial charge in [-0.05, 0) is 17.7 Å². The molecule has 1 aromatic carbocycles. The first-order chi connectivity index (χ1) is 7.58. The number of carbonyl (C=O) groups is 2. The Morgan fingerprint density at radius 3 is 2.25 bits per heavy atom. The van der Waals surface area contributed by atoms with Crippen molar-refractivity contribution in [1.82, 2.24) is 4.90 Å². The fraction of sp³-hybridized carbons (Fsp3) is 0.0909. The van der Waals surface area contributed by atoms with E-state index in [1.807, 2.05) is 18.2 Å². The first-order valence-electron chi connectivity index (χ1n) is 4.55. The van der Waals surface area contributed by atoms with Gasteiger partial charge in [-0.15, -0.1) is 0 Å². The van der Waals surface area contributed by atoms with Gasteiger partial charge >= 0.3 is 0 Å². The summed E-state index contributed by atoms with van der Waals surface area (Å²) < 4.78 is 1.81. The average molecular weight is 345 g/mol. The number of rotatable bonds is 2. The Bertz CT molecular complexity index is 479. The third kappa shape index (κ3) is 2.25. The average Bonchev–Trinajstić information content (AvgIpc) is 2.53. The maximum absolute atomic E-state index is 11.4. The normalized spacial score (nSPS) is 15.0. The van der Waals surface area contributed by atoms with E-state index in [9.17, 15) is 9.59 Å². The molecule has 1 aliphatic heterocycles. The van der Waals surface area contributed by atoms with Crippen LogP contribution in [0.15, 0.2) is 39.3 Å². The first kappa shape index (κ1) is 11.5. The molecule has 0 saturated heterocycles. The zero-order valence-electron chi connectivity index (χ0n) is 8.11. The molecule has 82 valence electrons. The van der Waals surface area contributed by atoms with Gasteiger partial charge < -0.3 is 0 Å². The fourth-order valence-corrected chi connectivity index (χ4v) is 2.58. The van der Waals surface area contributed by atoms with Gasteiger partial charge in [-0.2, -0.15) is 0 Å². The molecule has 0 atom stereocenters. The van der Waals surface area contributed by atoms with Gasteiger partial charge in [-0.1, -0.05) is 37.9 Å². The van der Waals surface area contributed by atoms with Crippen molar-refractivity contribution in [3.05, 3.63) is 44.9 Å². The number of benzene rings is 1. The second-order valence-corrected chi connectivity index (χ2v) is 5.10. The Hall–Kier alpha value is -0.940. The molecule has 0 unspecified atom stereocenters. The minimum absolute atomic E-state index is 0.264. The summed E-state index contributed by atoms with van der Waals surface area (Å²) in [6.45, 7) is 0.290. The molecular weight excluding hydrogens is 338 g/mol. The molecule has 5 heteroatoms. The van der Waals surface area contributed by atoms with Crippen LogP contribution in [0.1, 0.15) is 5.56 Å². The largest absolute Gasteiger partial charge is 0.271 e. The van der Waals surface area contributed by atoms with Crippen molar-refractivity contribution >= 4 is 43.7 Å². The van der Waals surface area contributed by atoms with Gasteiger partial charge in [0.25, 0.3) is 11.8 Å². The number of halogens is 2. The van der Waals surface area contributed by atoms with Crippen LogP contribution >= 0.6 is 31.9 Å². The quantitative estimate of drug-likeness (QED) is 0.773. The van der Waals surface area contributed by atoms with E-state index in [1.165, 1.54) is 17.1 Å². The van der Waals surface area contributed by atoms with Crippen LogP contribution in [-0.4, -0.2) is 16.7 Å². The number of nitrogens with zero attached hydrogens (tertiary/aromatic N) is 1. The summed E-state index contributed by atoms with van der Waals surface area (Å²) in [5.41, 5.74) is 0.897. The molecule has 1 aliphatic rings. The predicted molar refractivity (Wildman–Crippen MR) is 66.5 cm³/mol. The molecular formula is C11H7Br2NO2. The zero-order valence-corrected chi connectivity index (χ0v) is 11.3. The van der Waals surface area contributed by atoms with Crippen molar-refractivity contribution in [3.8, 4) is 0 Å². The van der Waals surface area contributed by atoms with Crippen LogP contribution in [0.3, 0.4) is 0 Å². The molecule has 0 saturated carbocycles. The van der Waals surface area contributed by atoms with Gasteiger partial charge in [0.05, 0.1) is 6.54 Å². The first-order valence-corrected chi connectivity index (χ1v) is 6.14. The molecule has 3 nitrogen and oxygen atoms in total. The van der Waals surface area contributed by atoms with Crippen LogP contribution in [0.5, 0.6) is 0 Å². The summed E-state index contributed by atoms with van der Waals surface area (Å²) in [5.74, 6) is -0.528.